The fourth-order valence-electron chi connectivity index (χ4n) is 4.47. The summed E-state index contributed by atoms with van der Waals surface area (Å²) in [5.41, 5.74) is -0.497. The fourth-order valence-corrected chi connectivity index (χ4v) is 4.47. The Labute approximate surface area is 214 Å². The molecule has 1 saturated carbocycles. The molecule has 0 spiro atoms. The van der Waals surface area contributed by atoms with Crippen LogP contribution in [0.25, 0.3) is 0 Å². The van der Waals surface area contributed by atoms with Gasteiger partial charge in [0.2, 0.25) is 11.8 Å². The number of carbonyl (C=O) groups is 3. The highest BCUT2D eigenvalue weighted by Crippen LogP contribution is 2.31. The van der Waals surface area contributed by atoms with Crippen LogP contribution in [0.4, 0.5) is 4.79 Å². The van der Waals surface area contributed by atoms with E-state index in [-0.39, 0.29) is 29.8 Å². The van der Waals surface area contributed by atoms with Crippen LogP contribution >= 0.6 is 0 Å². The van der Waals surface area contributed by atoms with E-state index in [2.05, 4.69) is 10.6 Å². The molecule has 36 heavy (non-hydrogen) atoms. The maximum absolute atomic E-state index is 13.9. The molecule has 202 valence electrons. The number of aliphatic hydroxyl groups is 1. The second kappa shape index (κ2) is 13.5. The summed E-state index contributed by atoms with van der Waals surface area (Å²) >= 11 is 0. The maximum atomic E-state index is 13.9. The number of nitrogens with zero attached hydrogens (tertiary/aromatic N) is 1. The van der Waals surface area contributed by atoms with E-state index >= 15 is 0 Å². The maximum Gasteiger partial charge on any atom is 0.408 e. The summed E-state index contributed by atoms with van der Waals surface area (Å²) in [7, 11) is 0. The number of aromatic hydroxyl groups is 1. The number of phenols is 1. The molecule has 4 N–H and O–H groups in total. The molecule has 3 unspecified atom stereocenters. The number of alkyl carbamates (subject to hydrolysis) is 1. The molecular formula is C27H43N3O6. The van der Waals surface area contributed by atoms with Gasteiger partial charge in [0.05, 0.1) is 6.61 Å². The molecule has 3 amide bonds. The molecule has 9 nitrogen and oxygen atoms in total. The molecule has 0 saturated heterocycles. The predicted molar refractivity (Wildman–Crippen MR) is 137 cm³/mol. The Balaban J connectivity index is 2.44. The number of para-hydroxylation sites is 1. The quantitative estimate of drug-likeness (QED) is 0.384. The third-order valence-electron chi connectivity index (χ3n) is 6.52. The molecule has 0 aromatic heterocycles. The van der Waals surface area contributed by atoms with E-state index in [1.54, 1.807) is 39.0 Å². The first-order valence-electron chi connectivity index (χ1n) is 13.0. The molecule has 1 aliphatic carbocycles. The van der Waals surface area contributed by atoms with Gasteiger partial charge in [-0.3, -0.25) is 9.59 Å². The largest absolute Gasteiger partial charge is 0.508 e. The summed E-state index contributed by atoms with van der Waals surface area (Å²) in [6.07, 6.45) is 4.69. The minimum atomic E-state index is -1.18. The van der Waals surface area contributed by atoms with Crippen molar-refractivity contribution in [1.29, 1.82) is 0 Å². The smallest absolute Gasteiger partial charge is 0.408 e. The lowest BCUT2D eigenvalue weighted by molar-refractivity contribution is -0.144. The molecule has 0 radical (unpaired) electrons. The van der Waals surface area contributed by atoms with Crippen LogP contribution in [-0.2, 0) is 14.3 Å². The Bertz CT molecular complexity index is 879. The molecular weight excluding hydrogens is 462 g/mol. The standard InChI is InChI=1S/C27H43N3O6/c1-6-18(2)22(29-26(35)36-27(3,4)5)25(34)30(16-17-31)23(20-14-10-11-15-21(20)32)24(33)28-19-12-8-7-9-13-19/h10-11,14-15,18-19,22-23,31-32H,6-9,12-13,16-17H2,1-5H3,(H,28,33)(H,29,35). The summed E-state index contributed by atoms with van der Waals surface area (Å²) in [4.78, 5) is 41.4. The predicted octanol–water partition coefficient (Wildman–Crippen LogP) is 3.64. The van der Waals surface area contributed by atoms with Crippen molar-refractivity contribution in [3.63, 3.8) is 0 Å². The summed E-state index contributed by atoms with van der Waals surface area (Å²) < 4.78 is 5.38. The minimum absolute atomic E-state index is 0.0177. The second-order valence-corrected chi connectivity index (χ2v) is 10.6. The third-order valence-corrected chi connectivity index (χ3v) is 6.52. The van der Waals surface area contributed by atoms with Crippen molar-refractivity contribution in [1.82, 2.24) is 15.5 Å². The number of amides is 3. The normalized spacial score (nSPS) is 16.9. The first kappa shape index (κ1) is 29.4. The zero-order valence-electron chi connectivity index (χ0n) is 22.3. The van der Waals surface area contributed by atoms with E-state index in [1.165, 1.54) is 11.0 Å². The van der Waals surface area contributed by atoms with Crippen molar-refractivity contribution in [2.75, 3.05) is 13.2 Å². The second-order valence-electron chi connectivity index (χ2n) is 10.6. The van der Waals surface area contributed by atoms with Gasteiger partial charge in [-0.25, -0.2) is 4.79 Å². The van der Waals surface area contributed by atoms with Crippen molar-refractivity contribution in [3.05, 3.63) is 29.8 Å². The van der Waals surface area contributed by atoms with Gasteiger partial charge in [0, 0.05) is 18.2 Å². The van der Waals surface area contributed by atoms with Crippen LogP contribution in [0.5, 0.6) is 5.75 Å². The topological polar surface area (TPSA) is 128 Å². The van der Waals surface area contributed by atoms with Gasteiger partial charge in [0.25, 0.3) is 0 Å². The average molecular weight is 506 g/mol. The van der Waals surface area contributed by atoms with Crippen LogP contribution in [0.1, 0.15) is 84.7 Å². The van der Waals surface area contributed by atoms with Crippen LogP contribution in [0.15, 0.2) is 24.3 Å². The molecule has 1 aromatic carbocycles. The van der Waals surface area contributed by atoms with Crippen LogP contribution in [0.3, 0.4) is 0 Å². The number of hydrogen-bond acceptors (Lipinski definition) is 6. The van der Waals surface area contributed by atoms with E-state index in [1.807, 2.05) is 13.8 Å². The Kier molecular flexibility index (Phi) is 11.0. The van der Waals surface area contributed by atoms with Crippen molar-refractivity contribution < 1.29 is 29.3 Å². The number of carbonyl (C=O) groups excluding carboxylic acids is 3. The molecule has 0 aliphatic heterocycles. The van der Waals surface area contributed by atoms with Crippen molar-refractivity contribution in [2.24, 2.45) is 5.92 Å². The van der Waals surface area contributed by atoms with Crippen LogP contribution in [0, 0.1) is 5.92 Å². The Morgan fingerprint density at radius 1 is 1.14 bits per heavy atom. The first-order chi connectivity index (χ1) is 17.0. The van der Waals surface area contributed by atoms with Gasteiger partial charge >= 0.3 is 6.09 Å². The molecule has 2 rings (SSSR count). The number of ether oxygens (including phenoxy) is 1. The van der Waals surface area contributed by atoms with E-state index in [0.717, 1.165) is 32.1 Å². The van der Waals surface area contributed by atoms with Crippen LogP contribution in [-0.4, -0.2) is 63.9 Å². The summed E-state index contributed by atoms with van der Waals surface area (Å²) in [5.74, 6) is -1.36. The molecule has 1 aromatic rings. The molecule has 1 fully saturated rings. The van der Waals surface area contributed by atoms with Crippen molar-refractivity contribution >= 4 is 17.9 Å². The van der Waals surface area contributed by atoms with Gasteiger partial charge in [-0.15, -0.1) is 0 Å². The SMILES string of the molecule is CCC(C)C(NC(=O)OC(C)(C)C)C(=O)N(CCO)C(C(=O)NC1CCCCC1)c1ccccc1O. The van der Waals surface area contributed by atoms with Crippen LogP contribution < -0.4 is 10.6 Å². The number of benzene rings is 1. The average Bonchev–Trinajstić information content (AvgIpc) is 2.82. The van der Waals surface area contributed by atoms with Crippen molar-refractivity contribution in [3.8, 4) is 5.75 Å². The summed E-state index contributed by atoms with van der Waals surface area (Å²) in [6, 6.07) is 4.19. The van der Waals surface area contributed by atoms with Gasteiger partial charge in [0.1, 0.15) is 23.4 Å². The Morgan fingerprint density at radius 2 is 1.78 bits per heavy atom. The van der Waals surface area contributed by atoms with Crippen molar-refractivity contribution in [2.45, 2.75) is 96.9 Å². The Hall–Kier alpha value is -2.81. The number of nitrogens with one attached hydrogen (secondary N) is 2. The lowest BCUT2D eigenvalue weighted by Gasteiger charge is -2.36. The minimum Gasteiger partial charge on any atom is -0.508 e. The number of phenolic OH excluding ortho intramolecular Hbond substituents is 1. The highest BCUT2D eigenvalue weighted by atomic mass is 16.6. The van der Waals surface area contributed by atoms with E-state index < -0.39 is 42.2 Å². The van der Waals surface area contributed by atoms with Gasteiger partial charge in [-0.1, -0.05) is 57.7 Å². The van der Waals surface area contributed by atoms with Gasteiger partial charge < -0.3 is 30.5 Å². The monoisotopic (exact) mass is 505 g/mol. The Morgan fingerprint density at radius 3 is 2.33 bits per heavy atom. The third kappa shape index (κ3) is 8.40. The number of rotatable bonds is 10. The summed E-state index contributed by atoms with van der Waals surface area (Å²) in [5, 5.41) is 26.2. The number of aliphatic hydroxyl groups excluding tert-OH is 1. The molecule has 3 atom stereocenters. The van der Waals surface area contributed by atoms with Crippen LogP contribution in [0.2, 0.25) is 0 Å². The molecule has 1 aliphatic rings. The lowest BCUT2D eigenvalue weighted by Crippen LogP contribution is -2.56. The van der Waals surface area contributed by atoms with E-state index in [0.29, 0.717) is 6.42 Å². The molecule has 0 bridgehead atoms. The fraction of sp³-hybridized carbons (Fsp3) is 0.667. The van der Waals surface area contributed by atoms with E-state index in [4.69, 9.17) is 4.74 Å². The molecule has 9 heteroatoms. The highest BCUT2D eigenvalue weighted by molar-refractivity contribution is 5.92. The highest BCUT2D eigenvalue weighted by Gasteiger charge is 2.39. The zero-order chi connectivity index (χ0) is 26.9. The lowest BCUT2D eigenvalue weighted by atomic mass is 9.93. The molecule has 0 heterocycles. The number of hydrogen-bond donors (Lipinski definition) is 4. The zero-order valence-corrected chi connectivity index (χ0v) is 22.3. The van der Waals surface area contributed by atoms with Gasteiger partial charge in [0.15, 0.2) is 0 Å². The van der Waals surface area contributed by atoms with Gasteiger partial charge in [-0.05, 0) is 45.6 Å². The summed E-state index contributed by atoms with van der Waals surface area (Å²) in [6.45, 7) is 8.37. The van der Waals surface area contributed by atoms with E-state index in [9.17, 15) is 24.6 Å². The first-order valence-corrected chi connectivity index (χ1v) is 13.0. The van der Waals surface area contributed by atoms with Gasteiger partial charge in [-0.2, -0.15) is 0 Å².